The van der Waals surface area contributed by atoms with Crippen LogP contribution in [0, 0.1) is 0 Å². The van der Waals surface area contributed by atoms with E-state index in [2.05, 4.69) is 92.6 Å². The van der Waals surface area contributed by atoms with Gasteiger partial charge in [-0.25, -0.2) is 15.0 Å². The van der Waals surface area contributed by atoms with Crippen LogP contribution < -0.4 is 0 Å². The van der Waals surface area contributed by atoms with E-state index in [1.54, 1.807) is 24.8 Å². The lowest BCUT2D eigenvalue weighted by atomic mass is 10.0. The van der Waals surface area contributed by atoms with E-state index in [1.165, 1.54) is 5.39 Å². The van der Waals surface area contributed by atoms with Gasteiger partial charge in [-0.05, 0) is 81.6 Å². The summed E-state index contributed by atoms with van der Waals surface area (Å²) >= 11 is 3.70. The molecule has 0 unspecified atom stereocenters. The van der Waals surface area contributed by atoms with Gasteiger partial charge < -0.3 is 0 Å². The van der Waals surface area contributed by atoms with Crippen LogP contribution in [0.4, 0.5) is 0 Å². The van der Waals surface area contributed by atoms with Crippen LogP contribution in [0.25, 0.3) is 67.2 Å². The number of hydrogen-bond acceptors (Lipinski definition) is 5. The number of fused-ring (bicyclic) bond motifs is 1. The lowest BCUT2D eigenvalue weighted by Crippen LogP contribution is -2.00. The van der Waals surface area contributed by atoms with E-state index in [-0.39, 0.29) is 0 Å². The highest BCUT2D eigenvalue weighted by Gasteiger charge is 2.14. The normalized spacial score (nSPS) is 11.0. The smallest absolute Gasteiger partial charge is 0.164 e. The van der Waals surface area contributed by atoms with Gasteiger partial charge in [0.1, 0.15) is 0 Å². The highest BCUT2D eigenvalue weighted by molar-refractivity contribution is 9.10. The first-order valence-electron chi connectivity index (χ1n) is 13.2. The molecule has 0 saturated heterocycles. The second-order valence-corrected chi connectivity index (χ2v) is 10.6. The van der Waals surface area contributed by atoms with Crippen LogP contribution in [0.3, 0.4) is 0 Å². The Morgan fingerprint density at radius 1 is 0.366 bits per heavy atom. The van der Waals surface area contributed by atoms with Gasteiger partial charge >= 0.3 is 0 Å². The molecule has 0 bridgehead atoms. The third kappa shape index (κ3) is 5.25. The molecule has 0 saturated carbocycles. The second kappa shape index (κ2) is 10.8. The van der Waals surface area contributed by atoms with E-state index in [0.29, 0.717) is 17.5 Å². The van der Waals surface area contributed by atoms with Crippen LogP contribution in [0.2, 0.25) is 0 Å². The van der Waals surface area contributed by atoms with E-state index in [9.17, 15) is 0 Å². The maximum atomic E-state index is 4.98. The van der Waals surface area contributed by atoms with Crippen molar-refractivity contribution >= 4 is 26.7 Å². The number of nitrogens with zero attached hydrogens (tertiary/aromatic N) is 5. The summed E-state index contributed by atoms with van der Waals surface area (Å²) in [6, 6.07) is 37.1. The molecule has 3 heterocycles. The Morgan fingerprint density at radius 2 is 0.854 bits per heavy atom. The molecule has 0 aliphatic carbocycles. The molecule has 0 atom stereocenters. The van der Waals surface area contributed by atoms with Gasteiger partial charge in [-0.15, -0.1) is 0 Å². The summed E-state index contributed by atoms with van der Waals surface area (Å²) < 4.78 is 0.942. The van der Waals surface area contributed by atoms with Crippen molar-refractivity contribution < 1.29 is 0 Å². The molecule has 0 aliphatic rings. The first-order valence-corrected chi connectivity index (χ1v) is 14.0. The van der Waals surface area contributed by atoms with E-state index in [4.69, 9.17) is 15.0 Å². The van der Waals surface area contributed by atoms with Gasteiger partial charge in [-0.1, -0.05) is 76.6 Å². The van der Waals surface area contributed by atoms with Gasteiger partial charge in [0.25, 0.3) is 0 Å². The second-order valence-electron chi connectivity index (χ2n) is 9.65. The highest BCUT2D eigenvalue weighted by atomic mass is 79.9. The maximum Gasteiger partial charge on any atom is 0.164 e. The van der Waals surface area contributed by atoms with E-state index < -0.39 is 0 Å². The molecule has 0 radical (unpaired) electrons. The lowest BCUT2D eigenvalue weighted by molar-refractivity contribution is 1.07. The fraction of sp³-hybridized carbons (Fsp3) is 0. The zero-order valence-electron chi connectivity index (χ0n) is 21.8. The molecular weight excluding hydrogens is 570 g/mol. The minimum Gasteiger partial charge on any atom is -0.265 e. The summed E-state index contributed by atoms with van der Waals surface area (Å²) in [5.74, 6) is 1.84. The summed E-state index contributed by atoms with van der Waals surface area (Å²) in [4.78, 5) is 23.2. The van der Waals surface area contributed by atoms with Crippen LogP contribution >= 0.6 is 15.9 Å². The molecule has 6 heteroatoms. The van der Waals surface area contributed by atoms with Crippen LogP contribution in [0.15, 0.2) is 138 Å². The Morgan fingerprint density at radius 3 is 1.54 bits per heavy atom. The molecule has 5 nitrogen and oxygen atoms in total. The largest absolute Gasteiger partial charge is 0.265 e. The average Bonchev–Trinajstić information content (AvgIpc) is 3.05. The minimum atomic E-state index is 0.605. The molecule has 194 valence electrons. The number of hydrogen-bond donors (Lipinski definition) is 0. The Kier molecular flexibility index (Phi) is 6.59. The number of pyridine rings is 2. The third-order valence-electron chi connectivity index (χ3n) is 6.97. The minimum absolute atomic E-state index is 0.605. The quantitative estimate of drug-likeness (QED) is 0.200. The summed E-state index contributed by atoms with van der Waals surface area (Å²) in [5, 5.41) is 2.31. The van der Waals surface area contributed by atoms with Gasteiger partial charge in [-0.2, -0.15) is 0 Å². The number of aromatic nitrogens is 5. The van der Waals surface area contributed by atoms with Crippen molar-refractivity contribution in [3.63, 3.8) is 0 Å². The van der Waals surface area contributed by atoms with Crippen molar-refractivity contribution in [2.75, 3.05) is 0 Å². The van der Waals surface area contributed by atoms with Gasteiger partial charge in [0, 0.05) is 46.0 Å². The number of rotatable bonds is 5. The van der Waals surface area contributed by atoms with Gasteiger partial charge in [-0.3, -0.25) is 9.97 Å². The van der Waals surface area contributed by atoms with E-state index in [0.717, 1.165) is 48.8 Å². The van der Waals surface area contributed by atoms with Crippen LogP contribution in [-0.2, 0) is 0 Å². The summed E-state index contributed by atoms with van der Waals surface area (Å²) in [6.07, 6.45) is 7.19. The van der Waals surface area contributed by atoms with Crippen molar-refractivity contribution in [1.82, 2.24) is 24.9 Å². The molecule has 4 aromatic carbocycles. The van der Waals surface area contributed by atoms with Gasteiger partial charge in [0.2, 0.25) is 0 Å². The Labute approximate surface area is 245 Å². The Balaban J connectivity index is 1.38. The molecule has 0 N–H and O–H groups in total. The van der Waals surface area contributed by atoms with Gasteiger partial charge in [0.05, 0.1) is 0 Å². The summed E-state index contributed by atoms with van der Waals surface area (Å²) in [5.41, 5.74) is 7.08. The van der Waals surface area contributed by atoms with Crippen LogP contribution in [0.5, 0.6) is 0 Å². The third-order valence-corrected chi connectivity index (χ3v) is 7.43. The van der Waals surface area contributed by atoms with Crippen LogP contribution in [0.1, 0.15) is 0 Å². The number of benzene rings is 4. The summed E-state index contributed by atoms with van der Waals surface area (Å²) in [7, 11) is 0. The first-order chi connectivity index (χ1) is 20.2. The molecular formula is C35H22BrN5. The van der Waals surface area contributed by atoms with Crippen LogP contribution in [-0.4, -0.2) is 24.9 Å². The molecule has 7 rings (SSSR count). The van der Waals surface area contributed by atoms with Gasteiger partial charge in [0.15, 0.2) is 17.5 Å². The zero-order chi connectivity index (χ0) is 27.6. The molecule has 0 aliphatic heterocycles. The SMILES string of the molecule is Brc1cc(-c2ccncc2)cc(-c2nc(-c3ccc(-c4ccncc4)cc3)nc(-c3ccc4ccccc4c3)n2)c1. The predicted molar refractivity (Wildman–Crippen MR) is 168 cm³/mol. The van der Waals surface area contributed by atoms with Crippen molar-refractivity contribution in [3.8, 4) is 56.4 Å². The summed E-state index contributed by atoms with van der Waals surface area (Å²) in [6.45, 7) is 0. The molecule has 0 amide bonds. The Hall–Kier alpha value is -5.07. The maximum absolute atomic E-state index is 4.98. The molecule has 0 spiro atoms. The first kappa shape index (κ1) is 24.9. The average molecular weight is 593 g/mol. The predicted octanol–water partition coefficient (Wildman–Crippen LogP) is 8.91. The fourth-order valence-electron chi connectivity index (χ4n) is 4.88. The topological polar surface area (TPSA) is 64.5 Å². The van der Waals surface area contributed by atoms with Crippen molar-refractivity contribution in [1.29, 1.82) is 0 Å². The highest BCUT2D eigenvalue weighted by Crippen LogP contribution is 2.32. The monoisotopic (exact) mass is 591 g/mol. The molecule has 0 fully saturated rings. The Bertz CT molecular complexity index is 1990. The lowest BCUT2D eigenvalue weighted by Gasteiger charge is -2.11. The molecule has 7 aromatic rings. The zero-order valence-corrected chi connectivity index (χ0v) is 23.4. The van der Waals surface area contributed by atoms with Crippen molar-refractivity contribution in [2.45, 2.75) is 0 Å². The fourth-order valence-corrected chi connectivity index (χ4v) is 5.37. The molecule has 3 aromatic heterocycles. The van der Waals surface area contributed by atoms with E-state index in [1.807, 2.05) is 42.5 Å². The van der Waals surface area contributed by atoms with Crippen molar-refractivity contribution in [3.05, 3.63) is 138 Å². The van der Waals surface area contributed by atoms with Crippen molar-refractivity contribution in [2.24, 2.45) is 0 Å². The standard InChI is InChI=1S/C35H22BrN5/c36-32-21-30(26-13-17-38-18-14-26)20-31(22-32)35-40-33(27-8-5-24(6-9-27)25-11-15-37-16-12-25)39-34(41-35)29-10-7-23-3-1-2-4-28(23)19-29/h1-22H. The van der Waals surface area contributed by atoms with E-state index >= 15 is 0 Å². The molecule has 41 heavy (non-hydrogen) atoms. The number of halogens is 1.